The number of aromatic nitrogens is 4. The molecule has 2 aromatic heterocycles. The van der Waals surface area contributed by atoms with Gasteiger partial charge in [-0.2, -0.15) is 5.10 Å². The second-order valence-electron chi connectivity index (χ2n) is 10.2. The maximum Gasteiger partial charge on any atom is 0.159 e. The van der Waals surface area contributed by atoms with Crippen LogP contribution in [0.2, 0.25) is 0 Å². The summed E-state index contributed by atoms with van der Waals surface area (Å²) in [6.45, 7) is 10.1. The Labute approximate surface area is 212 Å². The molecular weight excluding hydrogens is 459 g/mol. The van der Waals surface area contributed by atoms with E-state index in [4.69, 9.17) is 19.8 Å². The van der Waals surface area contributed by atoms with Crippen molar-refractivity contribution in [1.29, 1.82) is 0 Å². The summed E-state index contributed by atoms with van der Waals surface area (Å²) >= 11 is 0. The SMILES string of the molecule is CCC1CN(c2cc(-n3ncc4cc(C)c(C5CCN(CC(O)CF)CC5)cc43)nc(C)n2)CCO1. The molecule has 0 saturated carbocycles. The fourth-order valence-electron chi connectivity index (χ4n) is 5.58. The van der Waals surface area contributed by atoms with E-state index in [9.17, 15) is 9.50 Å². The van der Waals surface area contributed by atoms with E-state index in [2.05, 4.69) is 35.8 Å². The molecule has 5 rings (SSSR count). The number of benzene rings is 1. The Balaban J connectivity index is 1.42. The Hall–Kier alpha value is -2.62. The third kappa shape index (κ3) is 5.23. The van der Waals surface area contributed by atoms with Gasteiger partial charge < -0.3 is 19.6 Å². The first kappa shape index (κ1) is 25.0. The Kier molecular flexibility index (Phi) is 7.50. The minimum absolute atomic E-state index is 0.222. The van der Waals surface area contributed by atoms with Crippen LogP contribution < -0.4 is 4.90 Å². The molecule has 36 heavy (non-hydrogen) atoms. The van der Waals surface area contributed by atoms with Crippen LogP contribution in [0, 0.1) is 13.8 Å². The van der Waals surface area contributed by atoms with Crippen LogP contribution in [0.15, 0.2) is 24.4 Å². The number of halogens is 1. The monoisotopic (exact) mass is 496 g/mol. The zero-order chi connectivity index (χ0) is 25.2. The number of nitrogens with zero attached hydrogens (tertiary/aromatic N) is 6. The zero-order valence-corrected chi connectivity index (χ0v) is 21.5. The molecular formula is C27H37FN6O2. The zero-order valence-electron chi connectivity index (χ0n) is 21.5. The maximum atomic E-state index is 12.7. The number of piperidine rings is 1. The van der Waals surface area contributed by atoms with E-state index in [-0.39, 0.29) is 6.10 Å². The van der Waals surface area contributed by atoms with Crippen molar-refractivity contribution in [3.63, 3.8) is 0 Å². The quantitative estimate of drug-likeness (QED) is 0.536. The highest BCUT2D eigenvalue weighted by Crippen LogP contribution is 2.33. The van der Waals surface area contributed by atoms with Crippen molar-refractivity contribution in [1.82, 2.24) is 24.6 Å². The van der Waals surface area contributed by atoms with Crippen LogP contribution in [0.1, 0.15) is 49.1 Å². The first-order chi connectivity index (χ1) is 17.4. The van der Waals surface area contributed by atoms with Gasteiger partial charge in [0, 0.05) is 31.1 Å². The molecule has 8 nitrogen and oxygen atoms in total. The molecule has 9 heteroatoms. The fraction of sp³-hybridized carbons (Fsp3) is 0.593. The summed E-state index contributed by atoms with van der Waals surface area (Å²) in [5.41, 5.74) is 3.64. The van der Waals surface area contributed by atoms with E-state index >= 15 is 0 Å². The first-order valence-corrected chi connectivity index (χ1v) is 13.1. The molecule has 4 heterocycles. The highest BCUT2D eigenvalue weighted by molar-refractivity contribution is 5.82. The highest BCUT2D eigenvalue weighted by Gasteiger charge is 2.25. The summed E-state index contributed by atoms with van der Waals surface area (Å²) in [5, 5.41) is 15.5. The molecule has 0 radical (unpaired) electrons. The molecule has 1 N–H and O–H groups in total. The van der Waals surface area contributed by atoms with Crippen LogP contribution in [-0.4, -0.2) is 88.0 Å². The number of aryl methyl sites for hydroxylation is 2. The number of likely N-dealkylation sites (tertiary alicyclic amines) is 1. The first-order valence-electron chi connectivity index (χ1n) is 13.1. The number of fused-ring (bicyclic) bond motifs is 1. The number of rotatable bonds is 7. The molecule has 194 valence electrons. The van der Waals surface area contributed by atoms with Crippen molar-refractivity contribution in [2.75, 3.05) is 50.9 Å². The van der Waals surface area contributed by atoms with Crippen molar-refractivity contribution in [2.45, 2.75) is 58.2 Å². The number of anilines is 1. The number of aliphatic hydroxyl groups excluding tert-OH is 1. The lowest BCUT2D eigenvalue weighted by Crippen LogP contribution is -2.42. The normalized spacial score (nSPS) is 20.8. The van der Waals surface area contributed by atoms with Gasteiger partial charge in [0.05, 0.1) is 30.5 Å². The summed E-state index contributed by atoms with van der Waals surface area (Å²) in [5.74, 6) is 2.84. The molecule has 2 aliphatic heterocycles. The lowest BCUT2D eigenvalue weighted by molar-refractivity contribution is 0.0381. The van der Waals surface area contributed by atoms with Gasteiger partial charge in [-0.15, -0.1) is 0 Å². The predicted molar refractivity (Wildman–Crippen MR) is 139 cm³/mol. The van der Waals surface area contributed by atoms with Gasteiger partial charge in [-0.25, -0.2) is 19.0 Å². The lowest BCUT2D eigenvalue weighted by Gasteiger charge is -2.33. The van der Waals surface area contributed by atoms with E-state index in [1.807, 2.05) is 23.9 Å². The van der Waals surface area contributed by atoms with Crippen molar-refractivity contribution in [3.05, 3.63) is 41.3 Å². The van der Waals surface area contributed by atoms with Gasteiger partial charge in [0.25, 0.3) is 0 Å². The molecule has 0 spiro atoms. The van der Waals surface area contributed by atoms with Gasteiger partial charge in [0.1, 0.15) is 18.3 Å². The summed E-state index contributed by atoms with van der Waals surface area (Å²) in [6.07, 6.45) is 4.21. The van der Waals surface area contributed by atoms with E-state index in [1.165, 1.54) is 11.1 Å². The number of β-amino-alcohol motifs (C(OH)–C–C–N with tert-alkyl or cyclic N) is 1. The van der Waals surface area contributed by atoms with Crippen LogP contribution in [0.3, 0.4) is 0 Å². The van der Waals surface area contributed by atoms with Gasteiger partial charge in [-0.05, 0) is 75.4 Å². The predicted octanol–water partition coefficient (Wildman–Crippen LogP) is 3.56. The number of hydrogen-bond donors (Lipinski definition) is 1. The van der Waals surface area contributed by atoms with Crippen LogP contribution in [0.5, 0.6) is 0 Å². The van der Waals surface area contributed by atoms with Gasteiger partial charge >= 0.3 is 0 Å². The molecule has 2 unspecified atom stereocenters. The minimum Gasteiger partial charge on any atom is -0.389 e. The molecule has 3 aromatic rings. The van der Waals surface area contributed by atoms with Crippen LogP contribution in [0.4, 0.5) is 10.2 Å². The maximum absolute atomic E-state index is 12.7. The second kappa shape index (κ2) is 10.8. The summed E-state index contributed by atoms with van der Waals surface area (Å²) < 4.78 is 20.5. The third-order valence-electron chi connectivity index (χ3n) is 7.58. The standard InChI is InChI=1S/C27H37FN6O2/c1-4-23-17-33(9-10-36-23)26-13-27(31-19(3)30-26)34-25-12-24(18(2)11-21(25)15-29-34)20-5-7-32(8-6-20)16-22(35)14-28/h11-13,15,20,22-23,35H,4-10,14,16-17H2,1-3H3. The third-order valence-corrected chi connectivity index (χ3v) is 7.58. The average molecular weight is 497 g/mol. The average Bonchev–Trinajstić information content (AvgIpc) is 3.31. The number of aliphatic hydroxyl groups is 1. The van der Waals surface area contributed by atoms with E-state index in [0.717, 1.165) is 73.8 Å². The van der Waals surface area contributed by atoms with Gasteiger partial charge in [0.15, 0.2) is 5.82 Å². The number of ether oxygens (including phenoxy) is 1. The Morgan fingerprint density at radius 3 is 2.64 bits per heavy atom. The molecule has 2 aliphatic rings. The van der Waals surface area contributed by atoms with Crippen LogP contribution in [-0.2, 0) is 4.74 Å². The topological polar surface area (TPSA) is 79.5 Å². The highest BCUT2D eigenvalue weighted by atomic mass is 19.1. The lowest BCUT2D eigenvalue weighted by atomic mass is 9.86. The Morgan fingerprint density at radius 2 is 1.89 bits per heavy atom. The van der Waals surface area contributed by atoms with Crippen LogP contribution in [0.25, 0.3) is 16.7 Å². The molecule has 1 aromatic carbocycles. The smallest absolute Gasteiger partial charge is 0.159 e. The van der Waals surface area contributed by atoms with Crippen molar-refractivity contribution in [2.24, 2.45) is 0 Å². The summed E-state index contributed by atoms with van der Waals surface area (Å²) in [7, 11) is 0. The fourth-order valence-corrected chi connectivity index (χ4v) is 5.58. The van der Waals surface area contributed by atoms with Crippen molar-refractivity contribution in [3.8, 4) is 5.82 Å². The number of morpholine rings is 1. The van der Waals surface area contributed by atoms with E-state index < -0.39 is 12.8 Å². The van der Waals surface area contributed by atoms with Gasteiger partial charge in [-0.3, -0.25) is 0 Å². The Bertz CT molecular complexity index is 1190. The van der Waals surface area contributed by atoms with Crippen molar-refractivity contribution < 1.29 is 14.2 Å². The second-order valence-corrected chi connectivity index (χ2v) is 10.2. The summed E-state index contributed by atoms with van der Waals surface area (Å²) in [4.78, 5) is 13.9. The molecule has 2 atom stereocenters. The number of hydrogen-bond acceptors (Lipinski definition) is 7. The summed E-state index contributed by atoms with van der Waals surface area (Å²) in [6, 6.07) is 6.52. The number of alkyl halides is 1. The van der Waals surface area contributed by atoms with Crippen LogP contribution >= 0.6 is 0 Å². The Morgan fingerprint density at radius 1 is 1.11 bits per heavy atom. The molecule has 2 saturated heterocycles. The molecule has 2 fully saturated rings. The van der Waals surface area contributed by atoms with E-state index in [1.54, 1.807) is 0 Å². The largest absolute Gasteiger partial charge is 0.389 e. The molecule has 0 bridgehead atoms. The molecule has 0 aliphatic carbocycles. The van der Waals surface area contributed by atoms with Gasteiger partial charge in [-0.1, -0.05) is 6.92 Å². The molecule has 0 amide bonds. The minimum atomic E-state index is -0.888. The van der Waals surface area contributed by atoms with Gasteiger partial charge in [0.2, 0.25) is 0 Å². The van der Waals surface area contributed by atoms with E-state index in [0.29, 0.717) is 19.1 Å². The van der Waals surface area contributed by atoms with Crippen molar-refractivity contribution >= 4 is 16.7 Å².